The van der Waals surface area contributed by atoms with Gasteiger partial charge in [-0.15, -0.1) is 0 Å². The summed E-state index contributed by atoms with van der Waals surface area (Å²) in [6, 6.07) is 33.4. The van der Waals surface area contributed by atoms with E-state index < -0.39 is 24.2 Å². The standard InChI is InChI=1S/C31H31BrClNO7.C30H32BrClN2O6/c32-30-20(2-1-3-23(30)19-6-7-26-29(11-19)39-9-8-38-26)17-41-28-13-27(40-16-18-4-5-18)21(10-24(28)33)14-34-15-22(35)12-25(34)31(36)37;1-20(36)26(17-35)33-16-23-14-25(32)28(15-27(23)40-19-29(37)34-10-12-38-13-11-34)39-18-22-8-5-9-24(30(22)31)21-6-3-2-4-7-21/h1-3,6-7,10-11,13,18,22,25,35H,4-5,8-9,12,14-17H2,(H,36,37);2-9,14-15,26,33,35-36H,1,10-13,16-19H2/t22-,25-;26-/m00/s1. The molecule has 4 aliphatic rings. The number of ether oxygens (including phenoxy) is 7. The number of hydrogen-bond acceptors (Lipinski definition) is 14. The van der Waals surface area contributed by atoms with E-state index in [9.17, 15) is 30.0 Å². The zero-order chi connectivity index (χ0) is 57.0. The molecule has 6 aromatic rings. The number of amides is 1. The van der Waals surface area contributed by atoms with Crippen molar-refractivity contribution in [1.82, 2.24) is 15.1 Å². The lowest BCUT2D eigenvalue weighted by Gasteiger charge is -2.27. The lowest BCUT2D eigenvalue weighted by atomic mass is 10.0. The summed E-state index contributed by atoms with van der Waals surface area (Å²) in [7, 11) is 0. The third-order valence-electron chi connectivity index (χ3n) is 14.1. The number of aliphatic hydroxyl groups is 3. The first-order chi connectivity index (χ1) is 39.2. The van der Waals surface area contributed by atoms with Crippen LogP contribution in [-0.4, -0.2) is 126 Å². The lowest BCUT2D eigenvalue weighted by Crippen LogP contribution is -2.43. The molecule has 3 heterocycles. The number of aliphatic hydroxyl groups excluding tert-OH is 3. The highest BCUT2D eigenvalue weighted by atomic mass is 79.9. The van der Waals surface area contributed by atoms with E-state index in [-0.39, 0.29) is 57.6 Å². The van der Waals surface area contributed by atoms with Gasteiger partial charge < -0.3 is 63.8 Å². The molecule has 0 unspecified atom stereocenters. The summed E-state index contributed by atoms with van der Waals surface area (Å²) in [5.41, 5.74) is 7.38. The fraction of sp³-hybridized carbons (Fsp3) is 0.344. The van der Waals surface area contributed by atoms with Gasteiger partial charge in [0.1, 0.15) is 61.2 Å². The van der Waals surface area contributed by atoms with Gasteiger partial charge in [0.2, 0.25) is 0 Å². The van der Waals surface area contributed by atoms with E-state index in [0.29, 0.717) is 97.2 Å². The maximum absolute atomic E-state index is 12.7. The van der Waals surface area contributed by atoms with Gasteiger partial charge in [-0.2, -0.15) is 0 Å². The number of carbonyl (C=O) groups is 2. The van der Waals surface area contributed by atoms with Gasteiger partial charge in [-0.05, 0) is 97.1 Å². The van der Waals surface area contributed by atoms with Crippen LogP contribution in [0, 0.1) is 5.92 Å². The number of carbonyl (C=O) groups excluding carboxylic acids is 1. The molecule has 81 heavy (non-hydrogen) atoms. The summed E-state index contributed by atoms with van der Waals surface area (Å²) < 4.78 is 43.1. The number of hydrogen-bond donors (Lipinski definition) is 5. The second-order valence-corrected chi connectivity index (χ2v) is 22.4. The number of β-amino-alcohol motifs (C(OH)–C–C–N with tert-alkyl or cyclic N) is 1. The first-order valence-corrected chi connectivity index (χ1v) is 29.0. The first-order valence-electron chi connectivity index (χ1n) is 26.6. The SMILES string of the molecule is C=C(O)[C@H](CO)NCc1cc(Cl)c(OCc2cccc(-c3ccccc3)c2Br)cc1OCC(=O)N1CCOCC1.O=C(O)[C@@H]1C[C@H](O)CN1Cc1cc(Cl)c(OCc2cccc(-c3ccc4c(c3)OCCO4)c2Br)cc1OCC1CC1. The molecule has 3 fully saturated rings. The Morgan fingerprint density at radius 1 is 0.704 bits per heavy atom. The number of nitrogens with one attached hydrogen (secondary N) is 1. The largest absolute Gasteiger partial charge is 0.511 e. The van der Waals surface area contributed by atoms with Gasteiger partial charge in [-0.3, -0.25) is 14.5 Å². The van der Waals surface area contributed by atoms with E-state index in [1.54, 1.807) is 34.1 Å². The number of carboxylic acids is 1. The van der Waals surface area contributed by atoms with E-state index in [1.807, 2.05) is 84.9 Å². The number of nitrogens with zero attached hydrogens (tertiary/aromatic N) is 2. The van der Waals surface area contributed by atoms with E-state index in [1.165, 1.54) is 0 Å². The Kier molecular flexibility index (Phi) is 20.8. The molecular weight excluding hydrogens is 1210 g/mol. The van der Waals surface area contributed by atoms with Crippen molar-refractivity contribution in [2.45, 2.75) is 63.8 Å². The number of morpholine rings is 1. The van der Waals surface area contributed by atoms with Crippen LogP contribution >= 0.6 is 55.1 Å². The van der Waals surface area contributed by atoms with Crippen LogP contribution in [0.15, 0.2) is 130 Å². The van der Waals surface area contributed by atoms with E-state index in [4.69, 9.17) is 56.4 Å². The normalized spacial score (nSPS) is 17.1. The Morgan fingerprint density at radius 3 is 1.94 bits per heavy atom. The molecule has 3 atom stereocenters. The average Bonchev–Trinajstić information content (AvgIpc) is 4.24. The minimum Gasteiger partial charge on any atom is -0.511 e. The summed E-state index contributed by atoms with van der Waals surface area (Å²) in [6.07, 6.45) is 1.79. The molecule has 0 aromatic heterocycles. The zero-order valence-corrected chi connectivity index (χ0v) is 49.0. The summed E-state index contributed by atoms with van der Waals surface area (Å²) in [5, 5.41) is 42.7. The molecule has 3 aliphatic heterocycles. The topological polar surface area (TPSA) is 198 Å². The van der Waals surface area contributed by atoms with Crippen LogP contribution < -0.4 is 33.7 Å². The number of benzene rings is 6. The molecule has 0 radical (unpaired) electrons. The van der Waals surface area contributed by atoms with E-state index >= 15 is 0 Å². The Morgan fingerprint density at radius 2 is 1.32 bits per heavy atom. The monoisotopic (exact) mass is 1270 g/mol. The fourth-order valence-corrected chi connectivity index (χ4v) is 11.2. The summed E-state index contributed by atoms with van der Waals surface area (Å²) in [5.74, 6) is 2.59. The molecular formula is C61H63Br2Cl2N3O13. The number of halogens is 4. The van der Waals surface area contributed by atoms with Gasteiger partial charge in [0.15, 0.2) is 18.1 Å². The van der Waals surface area contributed by atoms with Crippen LogP contribution in [0.2, 0.25) is 10.0 Å². The van der Waals surface area contributed by atoms with Gasteiger partial charge in [0, 0.05) is 82.5 Å². The maximum atomic E-state index is 12.7. The molecule has 0 spiro atoms. The van der Waals surface area contributed by atoms with Crippen molar-refractivity contribution in [1.29, 1.82) is 0 Å². The predicted octanol–water partition coefficient (Wildman–Crippen LogP) is 11.0. The number of rotatable bonds is 22. The third kappa shape index (κ3) is 15.7. The van der Waals surface area contributed by atoms with Crippen LogP contribution in [0.3, 0.4) is 0 Å². The number of carboxylic acid groups (broad SMARTS) is 1. The molecule has 5 N–H and O–H groups in total. The van der Waals surface area contributed by atoms with Crippen LogP contribution in [0.25, 0.3) is 22.3 Å². The molecule has 428 valence electrons. The van der Waals surface area contributed by atoms with E-state index in [2.05, 4.69) is 43.8 Å². The summed E-state index contributed by atoms with van der Waals surface area (Å²) in [6.45, 7) is 7.92. The number of likely N-dealkylation sites (tertiary alicyclic amines) is 1. The Balaban J connectivity index is 0.000000196. The zero-order valence-electron chi connectivity index (χ0n) is 44.3. The molecule has 1 aliphatic carbocycles. The van der Waals surface area contributed by atoms with Crippen molar-refractivity contribution < 1.29 is 63.2 Å². The Labute approximate surface area is 497 Å². The highest BCUT2D eigenvalue weighted by Crippen LogP contribution is 2.41. The lowest BCUT2D eigenvalue weighted by molar-refractivity contribution is -0.142. The molecule has 10 rings (SSSR count). The third-order valence-corrected chi connectivity index (χ3v) is 16.6. The van der Waals surface area contributed by atoms with Crippen LogP contribution in [0.4, 0.5) is 0 Å². The second-order valence-electron chi connectivity index (χ2n) is 20.0. The van der Waals surface area contributed by atoms with Gasteiger partial charge >= 0.3 is 5.97 Å². The minimum atomic E-state index is -0.947. The molecule has 6 aromatic carbocycles. The van der Waals surface area contributed by atoms with Crippen molar-refractivity contribution in [3.8, 4) is 56.8 Å². The smallest absolute Gasteiger partial charge is 0.321 e. The van der Waals surface area contributed by atoms with Crippen molar-refractivity contribution in [3.05, 3.63) is 163 Å². The van der Waals surface area contributed by atoms with Crippen molar-refractivity contribution >= 4 is 66.9 Å². The average molecular weight is 1280 g/mol. The van der Waals surface area contributed by atoms with Gasteiger partial charge in [-0.1, -0.05) is 103 Å². The molecule has 1 amide bonds. The van der Waals surface area contributed by atoms with Crippen LogP contribution in [-0.2, 0) is 40.6 Å². The Hall–Kier alpha value is -6.06. The number of aliphatic carboxylic acids is 1. The van der Waals surface area contributed by atoms with Crippen LogP contribution in [0.1, 0.15) is 41.5 Å². The van der Waals surface area contributed by atoms with Crippen LogP contribution in [0.5, 0.6) is 34.5 Å². The summed E-state index contributed by atoms with van der Waals surface area (Å²) >= 11 is 20.8. The van der Waals surface area contributed by atoms with E-state index in [0.717, 1.165) is 72.2 Å². The summed E-state index contributed by atoms with van der Waals surface area (Å²) in [4.78, 5) is 27.9. The maximum Gasteiger partial charge on any atom is 0.321 e. The van der Waals surface area contributed by atoms with Crippen molar-refractivity contribution in [2.24, 2.45) is 5.92 Å². The molecule has 0 bridgehead atoms. The predicted molar refractivity (Wildman–Crippen MR) is 315 cm³/mol. The molecule has 1 saturated carbocycles. The van der Waals surface area contributed by atoms with Crippen molar-refractivity contribution in [3.63, 3.8) is 0 Å². The Bertz CT molecular complexity index is 3180. The molecule has 20 heteroatoms. The highest BCUT2D eigenvalue weighted by molar-refractivity contribution is 9.11. The minimum absolute atomic E-state index is 0.154. The van der Waals surface area contributed by atoms with Gasteiger partial charge in [0.05, 0.1) is 48.6 Å². The molecule has 2 saturated heterocycles. The quantitative estimate of drug-likeness (QED) is 0.0402. The van der Waals surface area contributed by atoms with Gasteiger partial charge in [-0.25, -0.2) is 0 Å². The van der Waals surface area contributed by atoms with Gasteiger partial charge in [0.25, 0.3) is 5.91 Å². The molecule has 16 nitrogen and oxygen atoms in total. The highest BCUT2D eigenvalue weighted by Gasteiger charge is 2.37. The second kappa shape index (κ2) is 28.3. The first kappa shape index (κ1) is 59.6. The van der Waals surface area contributed by atoms with Crippen molar-refractivity contribution in [2.75, 3.05) is 65.9 Å². The number of fused-ring (bicyclic) bond motifs is 1. The fourth-order valence-electron chi connectivity index (χ4n) is 9.46.